The van der Waals surface area contributed by atoms with Crippen LogP contribution in [0.4, 0.5) is 15.8 Å². The molecule has 1 heterocycles. The van der Waals surface area contributed by atoms with Gasteiger partial charge >= 0.3 is 5.97 Å². The Bertz CT molecular complexity index is 863. The molecule has 1 aliphatic heterocycles. The summed E-state index contributed by atoms with van der Waals surface area (Å²) in [5.41, 5.74) is 1.75. The molecule has 0 bridgehead atoms. The van der Waals surface area contributed by atoms with Gasteiger partial charge in [0.15, 0.2) is 0 Å². The Morgan fingerprint density at radius 3 is 2.48 bits per heavy atom. The second-order valence-corrected chi connectivity index (χ2v) is 6.40. The Morgan fingerprint density at radius 2 is 1.76 bits per heavy atom. The Morgan fingerprint density at radius 1 is 1.00 bits per heavy atom. The van der Waals surface area contributed by atoms with Crippen molar-refractivity contribution in [2.75, 3.05) is 22.9 Å². The van der Waals surface area contributed by atoms with Gasteiger partial charge in [-0.3, -0.25) is 4.79 Å². The van der Waals surface area contributed by atoms with Gasteiger partial charge in [0.1, 0.15) is 5.82 Å². The number of nitrogens with zero attached hydrogens (tertiary/aromatic N) is 2. The van der Waals surface area contributed by atoms with Crippen LogP contribution in [0.25, 0.3) is 0 Å². The summed E-state index contributed by atoms with van der Waals surface area (Å²) in [5.74, 6) is -1.79. The number of halogens is 1. The number of carbonyl (C=O) groups is 2. The third-order valence-corrected chi connectivity index (χ3v) is 4.69. The zero-order chi connectivity index (χ0) is 17.6. The van der Waals surface area contributed by atoms with Crippen LogP contribution < -0.4 is 9.80 Å². The van der Waals surface area contributed by atoms with Crippen LogP contribution in [0.5, 0.6) is 0 Å². The predicted octanol–water partition coefficient (Wildman–Crippen LogP) is 3.15. The fourth-order valence-corrected chi connectivity index (χ4v) is 3.32. The lowest BCUT2D eigenvalue weighted by molar-refractivity contribution is 0.0697. The number of carboxylic acid groups (broad SMARTS) is 1. The molecule has 0 unspecified atom stereocenters. The third kappa shape index (κ3) is 2.84. The van der Waals surface area contributed by atoms with Crippen LogP contribution in [0.1, 0.15) is 33.6 Å². The first kappa shape index (κ1) is 15.6. The first-order valence-corrected chi connectivity index (χ1v) is 8.26. The summed E-state index contributed by atoms with van der Waals surface area (Å²) >= 11 is 0. The van der Waals surface area contributed by atoms with E-state index < -0.39 is 11.8 Å². The number of aromatic carboxylic acids is 1. The van der Waals surface area contributed by atoms with E-state index in [1.54, 1.807) is 18.2 Å². The predicted molar refractivity (Wildman–Crippen MR) is 91.8 cm³/mol. The molecule has 5 nitrogen and oxygen atoms in total. The second-order valence-electron chi connectivity index (χ2n) is 6.40. The molecule has 25 heavy (non-hydrogen) atoms. The normalized spacial score (nSPS) is 16.5. The van der Waals surface area contributed by atoms with Gasteiger partial charge in [-0.15, -0.1) is 0 Å². The van der Waals surface area contributed by atoms with Gasteiger partial charge in [0, 0.05) is 24.7 Å². The van der Waals surface area contributed by atoms with E-state index in [1.807, 2.05) is 0 Å². The minimum Gasteiger partial charge on any atom is -0.478 e. The molecule has 1 fully saturated rings. The van der Waals surface area contributed by atoms with Crippen LogP contribution in [-0.4, -0.2) is 36.1 Å². The monoisotopic (exact) mass is 340 g/mol. The Kier molecular flexibility index (Phi) is 3.67. The Balaban J connectivity index is 1.72. The number of anilines is 2. The van der Waals surface area contributed by atoms with Gasteiger partial charge < -0.3 is 14.9 Å². The molecule has 0 aromatic heterocycles. The van der Waals surface area contributed by atoms with Gasteiger partial charge in [0.2, 0.25) is 0 Å². The molecule has 0 radical (unpaired) electrons. The number of carbonyl (C=O) groups excluding carboxylic acids is 1. The molecule has 4 rings (SSSR count). The molecular weight excluding hydrogens is 323 g/mol. The minimum atomic E-state index is -1.08. The van der Waals surface area contributed by atoms with Crippen molar-refractivity contribution in [1.29, 1.82) is 0 Å². The smallest absolute Gasteiger partial charge is 0.335 e. The van der Waals surface area contributed by atoms with Crippen molar-refractivity contribution >= 4 is 23.3 Å². The summed E-state index contributed by atoms with van der Waals surface area (Å²) in [7, 11) is 0. The van der Waals surface area contributed by atoms with Crippen molar-refractivity contribution in [3.63, 3.8) is 0 Å². The quantitative estimate of drug-likeness (QED) is 0.932. The van der Waals surface area contributed by atoms with Crippen LogP contribution in [0.15, 0.2) is 42.5 Å². The van der Waals surface area contributed by atoms with E-state index in [9.17, 15) is 14.0 Å². The van der Waals surface area contributed by atoms with Crippen LogP contribution in [0.2, 0.25) is 0 Å². The summed E-state index contributed by atoms with van der Waals surface area (Å²) in [4.78, 5) is 27.8. The molecule has 2 aliphatic rings. The average Bonchev–Trinajstić information content (AvgIpc) is 3.45. The molecule has 0 spiro atoms. The van der Waals surface area contributed by atoms with E-state index in [0.717, 1.165) is 18.5 Å². The summed E-state index contributed by atoms with van der Waals surface area (Å²) < 4.78 is 13.8. The molecular formula is C19H17FN2O3. The van der Waals surface area contributed by atoms with Gasteiger partial charge in [-0.2, -0.15) is 0 Å². The topological polar surface area (TPSA) is 60.9 Å². The third-order valence-electron chi connectivity index (χ3n) is 4.69. The number of fused-ring (bicyclic) bond motifs is 1. The lowest BCUT2D eigenvalue weighted by Gasteiger charge is -2.38. The molecule has 2 aromatic rings. The summed E-state index contributed by atoms with van der Waals surface area (Å²) in [6.07, 6.45) is 2.23. The van der Waals surface area contributed by atoms with E-state index in [4.69, 9.17) is 5.11 Å². The fourth-order valence-electron chi connectivity index (χ4n) is 3.32. The highest BCUT2D eigenvalue weighted by Crippen LogP contribution is 2.40. The number of rotatable bonds is 3. The molecule has 128 valence electrons. The highest BCUT2D eigenvalue weighted by Gasteiger charge is 2.36. The van der Waals surface area contributed by atoms with Crippen molar-refractivity contribution in [2.24, 2.45) is 0 Å². The van der Waals surface area contributed by atoms with Gasteiger partial charge in [0.05, 0.1) is 16.9 Å². The minimum absolute atomic E-state index is 0.0573. The zero-order valence-electron chi connectivity index (χ0n) is 13.5. The van der Waals surface area contributed by atoms with Crippen molar-refractivity contribution < 1.29 is 19.1 Å². The number of amides is 1. The highest BCUT2D eigenvalue weighted by molar-refractivity contribution is 6.09. The molecule has 1 amide bonds. The summed E-state index contributed by atoms with van der Waals surface area (Å²) in [6.45, 7) is 1.14. The maximum absolute atomic E-state index is 13.8. The van der Waals surface area contributed by atoms with E-state index in [2.05, 4.69) is 4.90 Å². The van der Waals surface area contributed by atoms with Crippen LogP contribution >= 0.6 is 0 Å². The Hall–Kier alpha value is -2.89. The van der Waals surface area contributed by atoms with Crippen LogP contribution in [-0.2, 0) is 0 Å². The van der Waals surface area contributed by atoms with Crippen LogP contribution in [0, 0.1) is 5.82 Å². The number of carboxylic acids is 1. The van der Waals surface area contributed by atoms with Crippen molar-refractivity contribution in [3.05, 3.63) is 59.4 Å². The van der Waals surface area contributed by atoms with E-state index in [0.29, 0.717) is 24.8 Å². The number of hydrogen-bond donors (Lipinski definition) is 1. The lowest BCUT2D eigenvalue weighted by Crippen LogP contribution is -2.45. The van der Waals surface area contributed by atoms with Gasteiger partial charge in [-0.25, -0.2) is 9.18 Å². The highest BCUT2D eigenvalue weighted by atomic mass is 19.1. The molecule has 1 saturated carbocycles. The first-order chi connectivity index (χ1) is 12.0. The molecule has 2 aromatic carbocycles. The lowest BCUT2D eigenvalue weighted by atomic mass is 10.1. The maximum Gasteiger partial charge on any atom is 0.335 e. The average molecular weight is 340 g/mol. The maximum atomic E-state index is 13.8. The van der Waals surface area contributed by atoms with Gasteiger partial charge in [-0.1, -0.05) is 6.07 Å². The van der Waals surface area contributed by atoms with Gasteiger partial charge in [0.25, 0.3) is 5.91 Å². The Labute approximate surface area is 144 Å². The summed E-state index contributed by atoms with van der Waals surface area (Å²) in [5, 5.41) is 9.12. The molecule has 0 atom stereocenters. The molecule has 1 N–H and O–H groups in total. The SMILES string of the molecule is O=C(O)c1cccc(C(=O)N2CCN(C3CC3)c3ccc(F)cc32)c1. The van der Waals surface area contributed by atoms with Crippen molar-refractivity contribution in [1.82, 2.24) is 0 Å². The van der Waals surface area contributed by atoms with E-state index in [1.165, 1.54) is 29.2 Å². The molecule has 6 heteroatoms. The van der Waals surface area contributed by atoms with Crippen LogP contribution in [0.3, 0.4) is 0 Å². The van der Waals surface area contributed by atoms with Crippen molar-refractivity contribution in [2.45, 2.75) is 18.9 Å². The summed E-state index contributed by atoms with van der Waals surface area (Å²) in [6, 6.07) is 10.9. The standard InChI is InChI=1S/C19H17FN2O3/c20-14-4-7-16-17(11-14)22(9-8-21(16)15-5-6-15)18(23)12-2-1-3-13(10-12)19(24)25/h1-4,7,10-11,15H,5-6,8-9H2,(H,24,25). The zero-order valence-corrected chi connectivity index (χ0v) is 13.5. The van der Waals surface area contributed by atoms with Crippen molar-refractivity contribution in [3.8, 4) is 0 Å². The van der Waals surface area contributed by atoms with E-state index >= 15 is 0 Å². The number of benzene rings is 2. The van der Waals surface area contributed by atoms with Gasteiger partial charge in [-0.05, 0) is 49.2 Å². The van der Waals surface area contributed by atoms with E-state index in [-0.39, 0.29) is 17.0 Å². The molecule has 1 aliphatic carbocycles. The second kappa shape index (κ2) is 5.88. The fraction of sp³-hybridized carbons (Fsp3) is 0.263. The number of hydrogen-bond acceptors (Lipinski definition) is 3. The largest absolute Gasteiger partial charge is 0.478 e. The first-order valence-electron chi connectivity index (χ1n) is 8.26. The molecule has 0 saturated heterocycles.